The highest BCUT2D eigenvalue weighted by molar-refractivity contribution is 5.86. The van der Waals surface area contributed by atoms with Crippen LogP contribution in [0.25, 0.3) is 0 Å². The van der Waals surface area contributed by atoms with Gasteiger partial charge in [0.15, 0.2) is 0 Å². The monoisotopic (exact) mass is 219 g/mol. The molecular weight excluding hydrogens is 198 g/mol. The van der Waals surface area contributed by atoms with E-state index < -0.39 is 0 Å². The minimum absolute atomic E-state index is 0.130. The fourth-order valence-electron chi connectivity index (χ4n) is 1.60. The summed E-state index contributed by atoms with van der Waals surface area (Å²) in [7, 11) is 0. The zero-order chi connectivity index (χ0) is 12.2. The molecule has 0 aliphatic rings. The molecule has 3 heteroatoms. The minimum atomic E-state index is 0.130. The maximum atomic E-state index is 7.36. The Labute approximate surface area is 97.6 Å². The Morgan fingerprint density at radius 1 is 1.38 bits per heavy atom. The van der Waals surface area contributed by atoms with Crippen molar-refractivity contribution in [1.29, 1.82) is 5.41 Å². The minimum Gasteiger partial charge on any atom is -0.398 e. The van der Waals surface area contributed by atoms with Crippen LogP contribution in [0.4, 0.5) is 5.69 Å². The average molecular weight is 219 g/mol. The van der Waals surface area contributed by atoms with Gasteiger partial charge in [0.1, 0.15) is 0 Å². The van der Waals surface area contributed by atoms with Crippen molar-refractivity contribution in [3.63, 3.8) is 0 Å². The molecule has 0 saturated heterocycles. The number of benzene rings is 1. The maximum absolute atomic E-state index is 7.36. The molecule has 0 aliphatic heterocycles. The lowest BCUT2D eigenvalue weighted by Crippen LogP contribution is -2.37. The van der Waals surface area contributed by atoms with Gasteiger partial charge in [0.25, 0.3) is 0 Å². The summed E-state index contributed by atoms with van der Waals surface area (Å²) in [6.45, 7) is 7.32. The summed E-state index contributed by atoms with van der Waals surface area (Å²) in [5.74, 6) is 0. The summed E-state index contributed by atoms with van der Waals surface area (Å²) in [6, 6.07) is 5.80. The van der Waals surface area contributed by atoms with Gasteiger partial charge in [-0.1, -0.05) is 12.1 Å². The Hall–Kier alpha value is -1.35. The van der Waals surface area contributed by atoms with Crippen molar-refractivity contribution < 1.29 is 0 Å². The van der Waals surface area contributed by atoms with Gasteiger partial charge in [-0.2, -0.15) is 0 Å². The third-order valence-corrected chi connectivity index (χ3v) is 2.42. The van der Waals surface area contributed by atoms with Crippen LogP contribution >= 0.6 is 0 Å². The van der Waals surface area contributed by atoms with Crippen molar-refractivity contribution in [2.24, 2.45) is 0 Å². The van der Waals surface area contributed by atoms with Gasteiger partial charge in [0, 0.05) is 23.0 Å². The van der Waals surface area contributed by atoms with E-state index in [2.05, 4.69) is 26.1 Å². The van der Waals surface area contributed by atoms with Gasteiger partial charge in [0.2, 0.25) is 0 Å². The van der Waals surface area contributed by atoms with E-state index in [4.69, 9.17) is 11.1 Å². The van der Waals surface area contributed by atoms with Gasteiger partial charge in [-0.3, -0.25) is 0 Å². The smallest absolute Gasteiger partial charge is 0.0405 e. The van der Waals surface area contributed by atoms with E-state index in [0.717, 1.165) is 24.1 Å². The molecule has 0 fully saturated rings. The molecule has 0 amide bonds. The van der Waals surface area contributed by atoms with Crippen LogP contribution in [0.1, 0.15) is 31.9 Å². The van der Waals surface area contributed by atoms with Crippen LogP contribution in [0, 0.1) is 5.41 Å². The van der Waals surface area contributed by atoms with Gasteiger partial charge in [0.05, 0.1) is 0 Å². The van der Waals surface area contributed by atoms with Crippen LogP contribution in [0.3, 0.4) is 0 Å². The van der Waals surface area contributed by atoms with E-state index in [1.165, 1.54) is 6.21 Å². The SMILES string of the molecule is CC(C)(C)NCCc1cccc(N)c1C=N. The van der Waals surface area contributed by atoms with E-state index >= 15 is 0 Å². The van der Waals surface area contributed by atoms with Crippen molar-refractivity contribution in [2.45, 2.75) is 32.7 Å². The highest BCUT2D eigenvalue weighted by Gasteiger charge is 2.09. The van der Waals surface area contributed by atoms with Crippen LogP contribution in [0.5, 0.6) is 0 Å². The first-order chi connectivity index (χ1) is 7.44. The number of hydrogen-bond acceptors (Lipinski definition) is 3. The summed E-state index contributed by atoms with van der Waals surface area (Å²) in [4.78, 5) is 0. The van der Waals surface area contributed by atoms with Gasteiger partial charge in [-0.15, -0.1) is 0 Å². The number of hydrogen-bond donors (Lipinski definition) is 3. The molecule has 0 bridgehead atoms. The van der Waals surface area contributed by atoms with E-state index in [9.17, 15) is 0 Å². The van der Waals surface area contributed by atoms with Gasteiger partial charge >= 0.3 is 0 Å². The molecule has 0 unspecified atom stereocenters. The Kier molecular flexibility index (Phi) is 4.07. The van der Waals surface area contributed by atoms with E-state index in [1.54, 1.807) is 0 Å². The highest BCUT2D eigenvalue weighted by Crippen LogP contribution is 2.15. The second kappa shape index (κ2) is 5.12. The molecule has 16 heavy (non-hydrogen) atoms. The molecule has 0 aliphatic carbocycles. The molecule has 0 spiro atoms. The molecule has 1 aromatic rings. The summed E-state index contributed by atoms with van der Waals surface area (Å²) >= 11 is 0. The zero-order valence-electron chi connectivity index (χ0n) is 10.3. The number of nitrogen functional groups attached to an aromatic ring is 1. The van der Waals surface area contributed by atoms with Crippen molar-refractivity contribution >= 4 is 11.9 Å². The second-order valence-corrected chi connectivity index (χ2v) is 4.99. The standard InChI is InChI=1S/C13H21N3/c1-13(2,3)16-8-7-10-5-4-6-12(15)11(10)9-14/h4-6,9,14,16H,7-8,15H2,1-3H3. The Morgan fingerprint density at radius 3 is 2.62 bits per heavy atom. The second-order valence-electron chi connectivity index (χ2n) is 4.99. The maximum Gasteiger partial charge on any atom is 0.0405 e. The number of nitrogens with one attached hydrogen (secondary N) is 2. The zero-order valence-corrected chi connectivity index (χ0v) is 10.3. The largest absolute Gasteiger partial charge is 0.398 e. The summed E-state index contributed by atoms with van der Waals surface area (Å²) in [5.41, 5.74) is 8.61. The first kappa shape index (κ1) is 12.7. The third kappa shape index (κ3) is 3.66. The normalized spacial score (nSPS) is 11.4. The van der Waals surface area contributed by atoms with Crippen LogP contribution in [0.2, 0.25) is 0 Å². The van der Waals surface area contributed by atoms with Crippen LogP contribution in [0.15, 0.2) is 18.2 Å². The van der Waals surface area contributed by atoms with Crippen molar-refractivity contribution in [1.82, 2.24) is 5.32 Å². The topological polar surface area (TPSA) is 61.9 Å². The van der Waals surface area contributed by atoms with E-state index in [-0.39, 0.29) is 5.54 Å². The Bertz CT molecular complexity index is 364. The fourth-order valence-corrected chi connectivity index (χ4v) is 1.60. The molecule has 0 heterocycles. The third-order valence-electron chi connectivity index (χ3n) is 2.42. The predicted molar refractivity (Wildman–Crippen MR) is 70.2 cm³/mol. The lowest BCUT2D eigenvalue weighted by Gasteiger charge is -2.20. The predicted octanol–water partition coefficient (Wildman–Crippen LogP) is 2.20. The molecule has 0 atom stereocenters. The fraction of sp³-hybridized carbons (Fsp3) is 0.462. The number of rotatable bonds is 4. The van der Waals surface area contributed by atoms with Crippen molar-refractivity contribution in [2.75, 3.05) is 12.3 Å². The van der Waals surface area contributed by atoms with Gasteiger partial charge in [-0.25, -0.2) is 0 Å². The summed E-state index contributed by atoms with van der Waals surface area (Å²) in [5, 5.41) is 10.8. The van der Waals surface area contributed by atoms with Crippen molar-refractivity contribution in [3.05, 3.63) is 29.3 Å². The molecule has 0 saturated carbocycles. The van der Waals surface area contributed by atoms with Crippen LogP contribution in [-0.2, 0) is 6.42 Å². The summed E-state index contributed by atoms with van der Waals surface area (Å²) < 4.78 is 0. The molecule has 0 aromatic heterocycles. The number of anilines is 1. The lowest BCUT2D eigenvalue weighted by atomic mass is 10.0. The Balaban J connectivity index is 2.67. The highest BCUT2D eigenvalue weighted by atomic mass is 14.9. The number of nitrogens with two attached hydrogens (primary N) is 1. The van der Waals surface area contributed by atoms with E-state index in [0.29, 0.717) is 5.69 Å². The van der Waals surface area contributed by atoms with Crippen LogP contribution < -0.4 is 11.1 Å². The summed E-state index contributed by atoms with van der Waals surface area (Å²) in [6.07, 6.45) is 2.23. The van der Waals surface area contributed by atoms with Gasteiger partial charge in [-0.05, 0) is 45.4 Å². The molecular formula is C13H21N3. The molecule has 1 aromatic carbocycles. The quantitative estimate of drug-likeness (QED) is 0.537. The molecule has 3 nitrogen and oxygen atoms in total. The molecule has 88 valence electrons. The van der Waals surface area contributed by atoms with E-state index in [1.807, 2.05) is 18.2 Å². The molecule has 1 rings (SSSR count). The van der Waals surface area contributed by atoms with Gasteiger partial charge < -0.3 is 16.5 Å². The molecule has 0 radical (unpaired) electrons. The Morgan fingerprint density at radius 2 is 2.06 bits per heavy atom. The van der Waals surface area contributed by atoms with Crippen LogP contribution in [-0.4, -0.2) is 18.3 Å². The average Bonchev–Trinajstić information content (AvgIpc) is 2.16. The first-order valence-corrected chi connectivity index (χ1v) is 5.57. The molecule has 4 N–H and O–H groups in total. The van der Waals surface area contributed by atoms with Crippen molar-refractivity contribution in [3.8, 4) is 0 Å². The lowest BCUT2D eigenvalue weighted by molar-refractivity contribution is 0.429. The first-order valence-electron chi connectivity index (χ1n) is 5.57.